The highest BCUT2D eigenvalue weighted by Crippen LogP contribution is 2.36. The third-order valence-corrected chi connectivity index (χ3v) is 2.90. The Bertz CT molecular complexity index is 303. The van der Waals surface area contributed by atoms with Crippen molar-refractivity contribution in [3.63, 3.8) is 0 Å². The fourth-order valence-corrected chi connectivity index (χ4v) is 2.09. The average molecular weight is 179 g/mol. The second-order valence-electron chi connectivity index (χ2n) is 3.87. The second kappa shape index (κ2) is 3.11. The molecule has 0 radical (unpaired) electrons. The molecule has 0 amide bonds. The van der Waals surface area contributed by atoms with Gasteiger partial charge in [-0.05, 0) is 30.5 Å². The Hall–Kier alpha value is -0.890. The minimum Gasteiger partial charge on any atom is -0.321 e. The third-order valence-electron chi connectivity index (χ3n) is 2.90. The summed E-state index contributed by atoms with van der Waals surface area (Å²) in [6.45, 7) is 0. The maximum absolute atomic E-state index is 12.9. The summed E-state index contributed by atoms with van der Waals surface area (Å²) in [5, 5.41) is 0. The molecule has 1 saturated carbocycles. The van der Waals surface area contributed by atoms with Crippen LogP contribution in [-0.2, 0) is 5.54 Å². The Morgan fingerprint density at radius 1 is 1.23 bits per heavy atom. The van der Waals surface area contributed by atoms with Gasteiger partial charge < -0.3 is 5.73 Å². The van der Waals surface area contributed by atoms with Gasteiger partial charge in [-0.3, -0.25) is 0 Å². The lowest BCUT2D eigenvalue weighted by Crippen LogP contribution is -2.33. The lowest BCUT2D eigenvalue weighted by molar-refractivity contribution is 0.458. The normalized spacial score (nSPS) is 20.5. The van der Waals surface area contributed by atoms with E-state index >= 15 is 0 Å². The molecule has 1 aromatic rings. The van der Waals surface area contributed by atoms with E-state index in [2.05, 4.69) is 0 Å². The van der Waals surface area contributed by atoms with Gasteiger partial charge in [-0.1, -0.05) is 25.0 Å². The average Bonchev–Trinajstić information content (AvgIpc) is 2.54. The van der Waals surface area contributed by atoms with Gasteiger partial charge >= 0.3 is 0 Å². The maximum Gasteiger partial charge on any atom is 0.123 e. The molecule has 0 aromatic heterocycles. The van der Waals surface area contributed by atoms with E-state index in [9.17, 15) is 4.39 Å². The highest BCUT2D eigenvalue weighted by molar-refractivity contribution is 5.25. The number of nitrogens with two attached hydrogens (primary N) is 1. The molecule has 0 bridgehead atoms. The molecule has 0 unspecified atom stereocenters. The second-order valence-corrected chi connectivity index (χ2v) is 3.87. The van der Waals surface area contributed by atoms with Crippen molar-refractivity contribution in [1.82, 2.24) is 0 Å². The van der Waals surface area contributed by atoms with Crippen LogP contribution in [0.1, 0.15) is 31.2 Å². The van der Waals surface area contributed by atoms with E-state index in [1.54, 1.807) is 12.1 Å². The minimum atomic E-state index is -0.262. The Morgan fingerprint density at radius 2 is 1.92 bits per heavy atom. The Labute approximate surface area is 77.8 Å². The maximum atomic E-state index is 12.9. The first kappa shape index (κ1) is 8.70. The van der Waals surface area contributed by atoms with Gasteiger partial charge in [0.1, 0.15) is 5.82 Å². The van der Waals surface area contributed by atoms with E-state index in [1.165, 1.54) is 6.07 Å². The van der Waals surface area contributed by atoms with Crippen LogP contribution in [0, 0.1) is 5.82 Å². The van der Waals surface area contributed by atoms with Crippen LogP contribution in [0.25, 0.3) is 0 Å². The van der Waals surface area contributed by atoms with Crippen LogP contribution in [0.3, 0.4) is 0 Å². The zero-order chi connectivity index (χ0) is 9.31. The van der Waals surface area contributed by atoms with Crippen LogP contribution < -0.4 is 5.73 Å². The Kier molecular flexibility index (Phi) is 2.08. The lowest BCUT2D eigenvalue weighted by atomic mass is 9.89. The smallest absolute Gasteiger partial charge is 0.123 e. The number of halogens is 1. The third kappa shape index (κ3) is 1.59. The highest BCUT2D eigenvalue weighted by atomic mass is 19.1. The molecule has 0 heterocycles. The molecule has 0 spiro atoms. The van der Waals surface area contributed by atoms with E-state index < -0.39 is 0 Å². The standard InChI is InChI=1S/C11H14FN/c12-10-5-3-4-9(8-10)11(13)6-1-2-7-11/h3-5,8H,1-2,6-7,13H2. The minimum absolute atomic E-state index is 0.186. The van der Waals surface area contributed by atoms with Gasteiger partial charge in [0.25, 0.3) is 0 Å². The number of hydrogen-bond donors (Lipinski definition) is 1. The van der Waals surface area contributed by atoms with Crippen LogP contribution in [0.5, 0.6) is 0 Å². The van der Waals surface area contributed by atoms with Crippen molar-refractivity contribution in [3.8, 4) is 0 Å². The van der Waals surface area contributed by atoms with E-state index in [-0.39, 0.29) is 11.4 Å². The predicted octanol–water partition coefficient (Wildman–Crippen LogP) is 2.55. The molecule has 1 aromatic carbocycles. The summed E-state index contributed by atoms with van der Waals surface area (Å²) in [6.07, 6.45) is 4.28. The van der Waals surface area contributed by atoms with Gasteiger partial charge in [-0.2, -0.15) is 0 Å². The summed E-state index contributed by atoms with van der Waals surface area (Å²) in [6, 6.07) is 6.68. The van der Waals surface area contributed by atoms with E-state index in [4.69, 9.17) is 5.73 Å². The molecule has 2 heteroatoms. The quantitative estimate of drug-likeness (QED) is 0.704. The van der Waals surface area contributed by atoms with Crippen molar-refractivity contribution >= 4 is 0 Å². The largest absolute Gasteiger partial charge is 0.321 e. The van der Waals surface area contributed by atoms with E-state index in [0.29, 0.717) is 0 Å². The summed E-state index contributed by atoms with van der Waals surface area (Å²) in [5.41, 5.74) is 6.87. The summed E-state index contributed by atoms with van der Waals surface area (Å²) in [7, 11) is 0. The fraction of sp³-hybridized carbons (Fsp3) is 0.455. The van der Waals surface area contributed by atoms with Gasteiger partial charge in [-0.15, -0.1) is 0 Å². The molecular weight excluding hydrogens is 165 g/mol. The van der Waals surface area contributed by atoms with Crippen LogP contribution in [0.4, 0.5) is 4.39 Å². The van der Waals surface area contributed by atoms with Crippen LogP contribution in [-0.4, -0.2) is 0 Å². The van der Waals surface area contributed by atoms with Gasteiger partial charge in [0.15, 0.2) is 0 Å². The molecule has 1 fully saturated rings. The molecule has 70 valence electrons. The van der Waals surface area contributed by atoms with Gasteiger partial charge in [-0.25, -0.2) is 4.39 Å². The molecule has 13 heavy (non-hydrogen) atoms. The number of hydrogen-bond acceptors (Lipinski definition) is 1. The van der Waals surface area contributed by atoms with Crippen molar-refractivity contribution < 1.29 is 4.39 Å². The molecule has 0 aliphatic heterocycles. The summed E-state index contributed by atoms with van der Waals surface area (Å²) >= 11 is 0. The van der Waals surface area contributed by atoms with Crippen molar-refractivity contribution in [2.24, 2.45) is 5.73 Å². The van der Waals surface area contributed by atoms with Crippen molar-refractivity contribution in [2.45, 2.75) is 31.2 Å². The molecular formula is C11H14FN. The first-order valence-corrected chi connectivity index (χ1v) is 4.76. The first-order valence-electron chi connectivity index (χ1n) is 4.76. The zero-order valence-corrected chi connectivity index (χ0v) is 7.59. The fourth-order valence-electron chi connectivity index (χ4n) is 2.09. The zero-order valence-electron chi connectivity index (χ0n) is 7.59. The van der Waals surface area contributed by atoms with Crippen LogP contribution in [0.15, 0.2) is 24.3 Å². The molecule has 1 nitrogen and oxygen atoms in total. The van der Waals surface area contributed by atoms with Gasteiger partial charge in [0, 0.05) is 5.54 Å². The number of rotatable bonds is 1. The topological polar surface area (TPSA) is 26.0 Å². The van der Waals surface area contributed by atoms with Crippen molar-refractivity contribution in [2.75, 3.05) is 0 Å². The highest BCUT2D eigenvalue weighted by Gasteiger charge is 2.31. The summed E-state index contributed by atoms with van der Waals surface area (Å²) < 4.78 is 12.9. The molecule has 2 N–H and O–H groups in total. The van der Waals surface area contributed by atoms with Crippen LogP contribution in [0.2, 0.25) is 0 Å². The van der Waals surface area contributed by atoms with E-state index in [0.717, 1.165) is 31.2 Å². The molecule has 0 atom stereocenters. The lowest BCUT2D eigenvalue weighted by Gasteiger charge is -2.23. The van der Waals surface area contributed by atoms with Crippen LogP contribution >= 0.6 is 0 Å². The predicted molar refractivity (Wildman–Crippen MR) is 50.7 cm³/mol. The van der Waals surface area contributed by atoms with E-state index in [1.807, 2.05) is 6.07 Å². The Balaban J connectivity index is 2.33. The monoisotopic (exact) mass is 179 g/mol. The SMILES string of the molecule is NC1(c2cccc(F)c2)CCCC1. The first-order chi connectivity index (χ1) is 6.21. The van der Waals surface area contributed by atoms with Gasteiger partial charge in [0.2, 0.25) is 0 Å². The number of benzene rings is 1. The van der Waals surface area contributed by atoms with Crippen molar-refractivity contribution in [1.29, 1.82) is 0 Å². The molecule has 2 rings (SSSR count). The molecule has 0 saturated heterocycles. The summed E-state index contributed by atoms with van der Waals surface area (Å²) in [5.74, 6) is -0.186. The molecule has 1 aliphatic carbocycles. The Morgan fingerprint density at radius 3 is 2.54 bits per heavy atom. The summed E-state index contributed by atoms with van der Waals surface area (Å²) in [4.78, 5) is 0. The van der Waals surface area contributed by atoms with Gasteiger partial charge in [0.05, 0.1) is 0 Å². The molecule has 1 aliphatic rings. The van der Waals surface area contributed by atoms with Crippen molar-refractivity contribution in [3.05, 3.63) is 35.6 Å².